The van der Waals surface area contributed by atoms with Crippen molar-refractivity contribution in [1.82, 2.24) is 4.72 Å². The molecule has 0 fully saturated rings. The van der Waals surface area contributed by atoms with Crippen LogP contribution in [0.25, 0.3) is 0 Å². The van der Waals surface area contributed by atoms with Crippen molar-refractivity contribution in [1.29, 1.82) is 0 Å². The normalized spacial score (nSPS) is 12.7. The van der Waals surface area contributed by atoms with Gasteiger partial charge in [0, 0.05) is 16.7 Å². The minimum atomic E-state index is -3.42. The molecule has 166 valence electrons. The molecule has 1 unspecified atom stereocenters. The molecule has 0 heterocycles. The lowest BCUT2D eigenvalue weighted by Crippen LogP contribution is -2.25. The Bertz CT molecular complexity index is 805. The van der Waals surface area contributed by atoms with E-state index in [2.05, 4.69) is 35.9 Å². The van der Waals surface area contributed by atoms with E-state index in [0.29, 0.717) is 16.7 Å². The highest BCUT2D eigenvalue weighted by Gasteiger charge is 2.14. The van der Waals surface area contributed by atoms with Crippen LogP contribution < -0.4 is 4.72 Å². The molecular weight excluding hydrogens is 410 g/mol. The second-order valence-electron chi connectivity index (χ2n) is 7.96. The molecule has 0 aliphatic carbocycles. The zero-order chi connectivity index (χ0) is 21.7. The van der Waals surface area contributed by atoms with E-state index in [-0.39, 0.29) is 0 Å². The number of aryl methyl sites for hydroxylation is 1. The molecule has 0 aromatic heterocycles. The number of rotatable bonds is 15. The first-order valence-corrected chi connectivity index (χ1v) is 13.7. The van der Waals surface area contributed by atoms with Gasteiger partial charge < -0.3 is 0 Å². The van der Waals surface area contributed by atoms with Crippen molar-refractivity contribution in [2.75, 3.05) is 6.54 Å². The second-order valence-corrected chi connectivity index (χ2v) is 11.1. The molecule has 0 bridgehead atoms. The minimum absolute atomic E-state index is 0.343. The number of benzene rings is 2. The summed E-state index contributed by atoms with van der Waals surface area (Å²) in [6, 6.07) is 17.6. The van der Waals surface area contributed by atoms with Gasteiger partial charge in [-0.25, -0.2) is 13.1 Å². The first-order chi connectivity index (χ1) is 14.5. The van der Waals surface area contributed by atoms with E-state index in [1.807, 2.05) is 36.9 Å². The maximum Gasteiger partial charge on any atom is 0.240 e. The van der Waals surface area contributed by atoms with Gasteiger partial charge in [0.1, 0.15) is 0 Å². The molecule has 0 spiro atoms. The molecule has 0 aliphatic rings. The van der Waals surface area contributed by atoms with Crippen LogP contribution in [0.15, 0.2) is 64.4 Å². The Labute approximate surface area is 188 Å². The van der Waals surface area contributed by atoms with Gasteiger partial charge in [0.2, 0.25) is 10.0 Å². The Kier molecular flexibility index (Phi) is 11.6. The summed E-state index contributed by atoms with van der Waals surface area (Å²) in [7, 11) is -3.42. The predicted octanol–water partition coefficient (Wildman–Crippen LogP) is 6.97. The fourth-order valence-corrected chi connectivity index (χ4v) is 5.79. The molecule has 5 heteroatoms. The van der Waals surface area contributed by atoms with E-state index in [1.54, 1.807) is 12.1 Å². The summed E-state index contributed by atoms with van der Waals surface area (Å²) in [5.74, 6) is 0. The van der Waals surface area contributed by atoms with E-state index in [4.69, 9.17) is 0 Å². The average molecular weight is 448 g/mol. The molecule has 0 aliphatic heterocycles. The second kappa shape index (κ2) is 13.9. The summed E-state index contributed by atoms with van der Waals surface area (Å²) < 4.78 is 27.7. The zero-order valence-electron chi connectivity index (χ0n) is 18.5. The molecule has 1 N–H and O–H groups in total. The summed E-state index contributed by atoms with van der Waals surface area (Å²) in [5, 5.41) is 0.530. The molecule has 2 aromatic carbocycles. The monoisotopic (exact) mass is 447 g/mol. The summed E-state index contributed by atoms with van der Waals surface area (Å²) in [4.78, 5) is 1.64. The smallest absolute Gasteiger partial charge is 0.211 e. The van der Waals surface area contributed by atoms with Crippen molar-refractivity contribution >= 4 is 21.8 Å². The number of unbranched alkanes of at least 4 members (excludes halogenated alkanes) is 5. The quantitative estimate of drug-likeness (QED) is 0.237. The molecular formula is C25H37NO2S2. The summed E-state index contributed by atoms with van der Waals surface area (Å²) >= 11 is 1.94. The number of sulfonamides is 1. The van der Waals surface area contributed by atoms with Crippen LogP contribution in [0.1, 0.15) is 70.3 Å². The first kappa shape index (κ1) is 25.0. The van der Waals surface area contributed by atoms with Gasteiger partial charge in [0.25, 0.3) is 0 Å². The van der Waals surface area contributed by atoms with E-state index < -0.39 is 10.0 Å². The van der Waals surface area contributed by atoms with E-state index in [0.717, 1.165) is 18.4 Å². The van der Waals surface area contributed by atoms with Crippen LogP contribution in [0.3, 0.4) is 0 Å². The van der Waals surface area contributed by atoms with Crippen molar-refractivity contribution in [3.05, 3.63) is 60.2 Å². The Morgan fingerprint density at radius 1 is 0.833 bits per heavy atom. The highest BCUT2D eigenvalue weighted by atomic mass is 32.2. The maximum absolute atomic E-state index is 12.5. The topological polar surface area (TPSA) is 46.2 Å². The molecule has 0 saturated heterocycles. The molecule has 0 radical (unpaired) electrons. The van der Waals surface area contributed by atoms with Gasteiger partial charge in [-0.2, -0.15) is 0 Å². The fraction of sp³-hybridized carbons (Fsp3) is 0.520. The zero-order valence-corrected chi connectivity index (χ0v) is 20.1. The van der Waals surface area contributed by atoms with Crippen molar-refractivity contribution in [2.45, 2.75) is 86.7 Å². The van der Waals surface area contributed by atoms with E-state index in [1.165, 1.54) is 49.8 Å². The van der Waals surface area contributed by atoms with Crippen LogP contribution >= 0.6 is 11.8 Å². The number of thioether (sulfide) groups is 1. The van der Waals surface area contributed by atoms with Crippen molar-refractivity contribution in [3.63, 3.8) is 0 Å². The van der Waals surface area contributed by atoms with Crippen LogP contribution in [-0.4, -0.2) is 20.2 Å². The Hall–Kier alpha value is -1.30. The largest absolute Gasteiger partial charge is 0.240 e. The maximum atomic E-state index is 12.5. The SMILES string of the molecule is CCCCCCCCC(CCCNS(=O)(=O)c1ccc(C)cc1)Sc1ccccc1. The molecule has 30 heavy (non-hydrogen) atoms. The third-order valence-electron chi connectivity index (χ3n) is 5.25. The number of hydrogen-bond acceptors (Lipinski definition) is 3. The lowest BCUT2D eigenvalue weighted by atomic mass is 10.1. The van der Waals surface area contributed by atoms with Crippen molar-refractivity contribution in [2.24, 2.45) is 0 Å². The van der Waals surface area contributed by atoms with Crippen molar-refractivity contribution < 1.29 is 8.42 Å². The van der Waals surface area contributed by atoms with Gasteiger partial charge in [-0.15, -0.1) is 11.8 Å². The third kappa shape index (κ3) is 9.67. The first-order valence-electron chi connectivity index (χ1n) is 11.3. The Morgan fingerprint density at radius 3 is 2.17 bits per heavy atom. The summed E-state index contributed by atoms with van der Waals surface area (Å²) in [5.41, 5.74) is 1.06. The van der Waals surface area contributed by atoms with Crippen LogP contribution in [0, 0.1) is 6.92 Å². The van der Waals surface area contributed by atoms with Crippen LogP contribution in [-0.2, 0) is 10.0 Å². The number of nitrogens with one attached hydrogen (secondary N) is 1. The number of hydrogen-bond donors (Lipinski definition) is 1. The molecule has 0 saturated carbocycles. The lowest BCUT2D eigenvalue weighted by Gasteiger charge is -2.17. The lowest BCUT2D eigenvalue weighted by molar-refractivity contribution is 0.555. The van der Waals surface area contributed by atoms with Crippen LogP contribution in [0.5, 0.6) is 0 Å². The van der Waals surface area contributed by atoms with Crippen LogP contribution in [0.4, 0.5) is 0 Å². The van der Waals surface area contributed by atoms with E-state index in [9.17, 15) is 8.42 Å². The average Bonchev–Trinajstić information content (AvgIpc) is 2.74. The standard InChI is InChI=1S/C25H37NO2S2/c1-3-4-5-6-7-9-13-24(29-23-14-10-8-11-15-23)16-12-21-26-30(27,28)25-19-17-22(2)18-20-25/h8,10-11,14-15,17-20,24,26H,3-7,9,12-13,16,21H2,1-2H3. The molecule has 1 atom stereocenters. The Morgan fingerprint density at radius 2 is 1.47 bits per heavy atom. The van der Waals surface area contributed by atoms with Gasteiger partial charge in [0.15, 0.2) is 0 Å². The van der Waals surface area contributed by atoms with E-state index >= 15 is 0 Å². The van der Waals surface area contributed by atoms with Gasteiger partial charge in [0.05, 0.1) is 4.90 Å². The minimum Gasteiger partial charge on any atom is -0.211 e. The Balaban J connectivity index is 1.80. The van der Waals surface area contributed by atoms with Crippen LogP contribution in [0.2, 0.25) is 0 Å². The van der Waals surface area contributed by atoms with Gasteiger partial charge in [-0.1, -0.05) is 81.3 Å². The van der Waals surface area contributed by atoms with Gasteiger partial charge >= 0.3 is 0 Å². The summed E-state index contributed by atoms with van der Waals surface area (Å²) in [6.45, 7) is 4.69. The molecule has 2 aromatic rings. The molecule has 3 nitrogen and oxygen atoms in total. The summed E-state index contributed by atoms with van der Waals surface area (Å²) in [6.07, 6.45) is 10.9. The van der Waals surface area contributed by atoms with Gasteiger partial charge in [-0.05, 0) is 50.5 Å². The van der Waals surface area contributed by atoms with Gasteiger partial charge in [-0.3, -0.25) is 0 Å². The molecule has 0 amide bonds. The molecule has 2 rings (SSSR count). The highest BCUT2D eigenvalue weighted by Crippen LogP contribution is 2.30. The highest BCUT2D eigenvalue weighted by molar-refractivity contribution is 8.00. The fourth-order valence-electron chi connectivity index (χ4n) is 3.44. The van der Waals surface area contributed by atoms with Crippen molar-refractivity contribution in [3.8, 4) is 0 Å². The predicted molar refractivity (Wildman–Crippen MR) is 130 cm³/mol. The third-order valence-corrected chi connectivity index (χ3v) is 8.08.